The van der Waals surface area contributed by atoms with E-state index in [9.17, 15) is 8.42 Å². The zero-order valence-electron chi connectivity index (χ0n) is 12.7. The van der Waals surface area contributed by atoms with Crippen LogP contribution in [0.4, 0.5) is 0 Å². The van der Waals surface area contributed by atoms with Crippen molar-refractivity contribution in [3.8, 4) is 0 Å². The maximum absolute atomic E-state index is 11.3. The van der Waals surface area contributed by atoms with Crippen molar-refractivity contribution in [1.29, 1.82) is 0 Å². The maximum Gasteiger partial charge on any atom is 0.209 e. The molecule has 0 aliphatic carbocycles. The van der Waals surface area contributed by atoms with Gasteiger partial charge in [0.05, 0.1) is 25.4 Å². The van der Waals surface area contributed by atoms with Crippen LogP contribution in [-0.4, -0.2) is 55.9 Å². The summed E-state index contributed by atoms with van der Waals surface area (Å²) in [6.45, 7) is 2.91. The standard InChI is InChI=1S/C13H22N4O4S/c1-22(18,19)14-8-12-15-13(10-2-5-20-6-3-10)16-17(12)11-4-7-21-9-11/h10-11,14H,2-9H2,1H3. The Morgan fingerprint density at radius 3 is 2.59 bits per heavy atom. The zero-order valence-corrected chi connectivity index (χ0v) is 13.5. The molecule has 22 heavy (non-hydrogen) atoms. The van der Waals surface area contributed by atoms with Gasteiger partial charge in [0, 0.05) is 25.7 Å². The van der Waals surface area contributed by atoms with Gasteiger partial charge in [-0.15, -0.1) is 0 Å². The van der Waals surface area contributed by atoms with Gasteiger partial charge in [0.25, 0.3) is 0 Å². The van der Waals surface area contributed by atoms with Gasteiger partial charge in [0.15, 0.2) is 5.82 Å². The van der Waals surface area contributed by atoms with Gasteiger partial charge in [-0.2, -0.15) is 5.10 Å². The predicted molar refractivity (Wildman–Crippen MR) is 79.0 cm³/mol. The molecule has 1 aromatic rings. The van der Waals surface area contributed by atoms with E-state index in [4.69, 9.17) is 9.47 Å². The quantitative estimate of drug-likeness (QED) is 0.828. The average molecular weight is 330 g/mol. The van der Waals surface area contributed by atoms with Crippen LogP contribution in [0.15, 0.2) is 0 Å². The third-order valence-electron chi connectivity index (χ3n) is 4.05. The molecule has 3 heterocycles. The lowest BCUT2D eigenvalue weighted by Crippen LogP contribution is -2.25. The van der Waals surface area contributed by atoms with Crippen molar-refractivity contribution in [3.05, 3.63) is 11.6 Å². The summed E-state index contributed by atoms with van der Waals surface area (Å²) >= 11 is 0. The summed E-state index contributed by atoms with van der Waals surface area (Å²) in [6, 6.07) is 0.137. The Morgan fingerprint density at radius 2 is 1.95 bits per heavy atom. The number of rotatable bonds is 5. The molecule has 0 radical (unpaired) electrons. The topological polar surface area (TPSA) is 95.3 Å². The highest BCUT2D eigenvalue weighted by molar-refractivity contribution is 7.88. The third kappa shape index (κ3) is 3.83. The van der Waals surface area contributed by atoms with Crippen LogP contribution in [0.1, 0.15) is 42.9 Å². The van der Waals surface area contributed by atoms with E-state index >= 15 is 0 Å². The first kappa shape index (κ1) is 15.9. The number of hydrogen-bond donors (Lipinski definition) is 1. The molecule has 124 valence electrons. The van der Waals surface area contributed by atoms with E-state index in [-0.39, 0.29) is 18.5 Å². The van der Waals surface area contributed by atoms with Gasteiger partial charge in [0.1, 0.15) is 5.82 Å². The van der Waals surface area contributed by atoms with Gasteiger partial charge in [0.2, 0.25) is 10.0 Å². The van der Waals surface area contributed by atoms with E-state index in [2.05, 4.69) is 14.8 Å². The third-order valence-corrected chi connectivity index (χ3v) is 4.72. The SMILES string of the molecule is CS(=O)(=O)NCc1nc(C2CCOCC2)nn1C1CCOC1. The van der Waals surface area contributed by atoms with E-state index < -0.39 is 10.0 Å². The van der Waals surface area contributed by atoms with Crippen LogP contribution in [0.25, 0.3) is 0 Å². The molecule has 0 bridgehead atoms. The smallest absolute Gasteiger partial charge is 0.209 e. The molecular formula is C13H22N4O4S. The molecule has 2 fully saturated rings. The Hall–Kier alpha value is -1.03. The zero-order chi connectivity index (χ0) is 15.6. The fraction of sp³-hybridized carbons (Fsp3) is 0.846. The Kier molecular flexibility index (Phi) is 4.76. The lowest BCUT2D eigenvalue weighted by Gasteiger charge is -2.19. The lowest BCUT2D eigenvalue weighted by molar-refractivity contribution is 0.0834. The first-order valence-corrected chi connectivity index (χ1v) is 9.47. The molecule has 0 spiro atoms. The Morgan fingerprint density at radius 1 is 1.23 bits per heavy atom. The Bertz CT molecular complexity index is 604. The summed E-state index contributed by atoms with van der Waals surface area (Å²) in [5.41, 5.74) is 0. The van der Waals surface area contributed by atoms with Crippen LogP contribution >= 0.6 is 0 Å². The van der Waals surface area contributed by atoms with Crippen molar-refractivity contribution < 1.29 is 17.9 Å². The first-order chi connectivity index (χ1) is 10.5. The minimum atomic E-state index is -3.26. The summed E-state index contributed by atoms with van der Waals surface area (Å²) in [6.07, 6.45) is 3.84. The van der Waals surface area contributed by atoms with Crippen LogP contribution in [0.3, 0.4) is 0 Å². The molecule has 9 heteroatoms. The summed E-state index contributed by atoms with van der Waals surface area (Å²) in [4.78, 5) is 4.60. The van der Waals surface area contributed by atoms with Gasteiger partial charge in [-0.3, -0.25) is 0 Å². The molecule has 2 aliphatic heterocycles. The van der Waals surface area contributed by atoms with Crippen LogP contribution < -0.4 is 4.72 Å². The summed E-state index contributed by atoms with van der Waals surface area (Å²) < 4.78 is 37.8. The monoisotopic (exact) mass is 330 g/mol. The van der Waals surface area contributed by atoms with Crippen molar-refractivity contribution in [2.75, 3.05) is 32.7 Å². The molecule has 3 rings (SSSR count). The minimum Gasteiger partial charge on any atom is -0.381 e. The Balaban J connectivity index is 1.82. The predicted octanol–water partition coefficient (Wildman–Crippen LogP) is 0.183. The highest BCUT2D eigenvalue weighted by Crippen LogP contribution is 2.27. The Labute approximate surface area is 130 Å². The van der Waals surface area contributed by atoms with Gasteiger partial charge in [-0.05, 0) is 19.3 Å². The average Bonchev–Trinajstić information content (AvgIpc) is 3.14. The number of hydrogen-bond acceptors (Lipinski definition) is 6. The number of aromatic nitrogens is 3. The molecule has 0 amide bonds. The second kappa shape index (κ2) is 6.61. The summed E-state index contributed by atoms with van der Waals surface area (Å²) in [5, 5.41) is 4.65. The van der Waals surface area contributed by atoms with E-state index in [1.807, 2.05) is 4.68 Å². The van der Waals surface area contributed by atoms with E-state index in [0.29, 0.717) is 19.0 Å². The fourth-order valence-corrected chi connectivity index (χ4v) is 3.22. The van der Waals surface area contributed by atoms with Crippen LogP contribution in [0.5, 0.6) is 0 Å². The van der Waals surface area contributed by atoms with Gasteiger partial charge < -0.3 is 9.47 Å². The fourth-order valence-electron chi connectivity index (χ4n) is 2.83. The largest absolute Gasteiger partial charge is 0.381 e. The van der Waals surface area contributed by atoms with Crippen LogP contribution in [0.2, 0.25) is 0 Å². The lowest BCUT2D eigenvalue weighted by atomic mass is 10.00. The number of nitrogens with one attached hydrogen (secondary N) is 1. The normalized spacial score (nSPS) is 24.0. The molecule has 2 saturated heterocycles. The number of sulfonamides is 1. The van der Waals surface area contributed by atoms with Crippen molar-refractivity contribution in [3.63, 3.8) is 0 Å². The van der Waals surface area contributed by atoms with Crippen molar-refractivity contribution in [2.24, 2.45) is 0 Å². The molecule has 0 aromatic carbocycles. The highest BCUT2D eigenvalue weighted by atomic mass is 32.2. The van der Waals surface area contributed by atoms with Crippen molar-refractivity contribution >= 4 is 10.0 Å². The van der Waals surface area contributed by atoms with Crippen LogP contribution in [-0.2, 0) is 26.0 Å². The van der Waals surface area contributed by atoms with Crippen molar-refractivity contribution in [2.45, 2.75) is 37.8 Å². The molecule has 2 aliphatic rings. The maximum atomic E-state index is 11.3. The van der Waals surface area contributed by atoms with Crippen molar-refractivity contribution in [1.82, 2.24) is 19.5 Å². The minimum absolute atomic E-state index is 0.137. The molecule has 0 saturated carbocycles. The number of ether oxygens (including phenoxy) is 2. The second-order valence-corrected chi connectivity index (χ2v) is 7.66. The highest BCUT2D eigenvalue weighted by Gasteiger charge is 2.27. The summed E-state index contributed by atoms with van der Waals surface area (Å²) in [7, 11) is -3.26. The molecule has 1 aromatic heterocycles. The number of nitrogens with zero attached hydrogens (tertiary/aromatic N) is 3. The van der Waals surface area contributed by atoms with E-state index in [1.54, 1.807) is 0 Å². The first-order valence-electron chi connectivity index (χ1n) is 7.58. The molecule has 8 nitrogen and oxygen atoms in total. The molecular weight excluding hydrogens is 308 g/mol. The van der Waals surface area contributed by atoms with E-state index in [0.717, 1.165) is 44.6 Å². The molecule has 1 unspecified atom stereocenters. The summed E-state index contributed by atoms with van der Waals surface area (Å²) in [5.74, 6) is 1.73. The molecule has 1 atom stereocenters. The van der Waals surface area contributed by atoms with Gasteiger partial charge in [-0.25, -0.2) is 22.8 Å². The van der Waals surface area contributed by atoms with E-state index in [1.165, 1.54) is 0 Å². The van der Waals surface area contributed by atoms with Gasteiger partial charge >= 0.3 is 0 Å². The van der Waals surface area contributed by atoms with Crippen LogP contribution in [0, 0.1) is 0 Å². The second-order valence-electron chi connectivity index (χ2n) is 5.83. The van der Waals surface area contributed by atoms with Gasteiger partial charge in [-0.1, -0.05) is 0 Å². The molecule has 1 N–H and O–H groups in total.